The molecule has 4 aromatic rings. The molecule has 4 atom stereocenters. The Labute approximate surface area is 250 Å². The summed E-state index contributed by atoms with van der Waals surface area (Å²) in [4.78, 5) is 43.6. The lowest BCUT2D eigenvalue weighted by Gasteiger charge is -2.37. The van der Waals surface area contributed by atoms with E-state index in [0.29, 0.717) is 33.9 Å². The highest BCUT2D eigenvalue weighted by molar-refractivity contribution is 6.03. The molecule has 0 saturated carbocycles. The number of aliphatic carboxylic acids is 1. The number of methoxy groups -OCH3 is 2. The molecule has 2 amide bonds. The van der Waals surface area contributed by atoms with Crippen LogP contribution in [0.2, 0.25) is 0 Å². The fourth-order valence-electron chi connectivity index (χ4n) is 6.12. The summed E-state index contributed by atoms with van der Waals surface area (Å²) >= 11 is 0. The van der Waals surface area contributed by atoms with E-state index in [2.05, 4.69) is 5.32 Å². The first-order valence-corrected chi connectivity index (χ1v) is 14.0. The number of benzene rings is 4. The third-order valence-corrected chi connectivity index (χ3v) is 8.33. The molecule has 8 nitrogen and oxygen atoms in total. The van der Waals surface area contributed by atoms with Crippen LogP contribution in [-0.2, 0) is 4.79 Å². The number of ketones is 1. The zero-order valence-electron chi connectivity index (χ0n) is 24.5. The van der Waals surface area contributed by atoms with Crippen molar-refractivity contribution in [3.8, 4) is 11.5 Å². The molecule has 8 heteroatoms. The molecular weight excluding hydrogens is 544 g/mol. The van der Waals surface area contributed by atoms with Crippen molar-refractivity contribution in [2.24, 2.45) is 5.92 Å². The van der Waals surface area contributed by atoms with Gasteiger partial charge in [-0.1, -0.05) is 60.2 Å². The summed E-state index contributed by atoms with van der Waals surface area (Å²) in [5, 5.41) is 13.8. The van der Waals surface area contributed by atoms with Crippen molar-refractivity contribution in [3.63, 3.8) is 0 Å². The van der Waals surface area contributed by atoms with E-state index in [1.807, 2.05) is 61.5 Å². The highest BCUT2D eigenvalue weighted by Gasteiger charge is 2.65. The second-order valence-electron chi connectivity index (χ2n) is 10.8. The van der Waals surface area contributed by atoms with E-state index in [9.17, 15) is 19.5 Å². The molecule has 1 heterocycles. The average Bonchev–Trinajstić information content (AvgIpc) is 3.32. The van der Waals surface area contributed by atoms with Crippen LogP contribution < -0.4 is 14.8 Å². The second kappa shape index (κ2) is 12.0. The maximum absolute atomic E-state index is 14.6. The van der Waals surface area contributed by atoms with Crippen LogP contribution in [0.25, 0.3) is 0 Å². The number of carboxylic acids is 1. The molecule has 2 N–H and O–H groups in total. The quantitative estimate of drug-likeness (QED) is 0.225. The van der Waals surface area contributed by atoms with E-state index in [0.717, 1.165) is 5.56 Å². The number of Topliss-reactive ketones (excluding diaryl/α,β-unsaturated/α-hetero) is 1. The Morgan fingerprint density at radius 1 is 0.767 bits per heavy atom. The van der Waals surface area contributed by atoms with Crippen molar-refractivity contribution in [2.75, 3.05) is 19.5 Å². The molecule has 1 aliphatic rings. The van der Waals surface area contributed by atoms with Crippen molar-refractivity contribution in [1.82, 2.24) is 4.90 Å². The van der Waals surface area contributed by atoms with Gasteiger partial charge in [0.05, 0.1) is 26.2 Å². The van der Waals surface area contributed by atoms with Crippen LogP contribution >= 0.6 is 0 Å². The number of hydrogen-bond acceptors (Lipinski definition) is 5. The molecule has 4 aromatic carbocycles. The maximum Gasteiger partial charge on any atom is 0.330 e. The Balaban J connectivity index is 1.72. The molecule has 0 bridgehead atoms. The van der Waals surface area contributed by atoms with Crippen LogP contribution in [0.5, 0.6) is 11.5 Å². The van der Waals surface area contributed by atoms with E-state index < -0.39 is 35.4 Å². The number of amides is 2. The number of rotatable bonds is 8. The molecule has 43 heavy (non-hydrogen) atoms. The Kier molecular flexibility index (Phi) is 8.21. The van der Waals surface area contributed by atoms with Crippen LogP contribution in [0, 0.1) is 12.8 Å². The van der Waals surface area contributed by atoms with Crippen molar-refractivity contribution in [2.45, 2.75) is 31.3 Å². The van der Waals surface area contributed by atoms with Gasteiger partial charge in [-0.25, -0.2) is 9.59 Å². The Bertz CT molecular complexity index is 1600. The number of carbonyl (C=O) groups excluding carboxylic acids is 2. The zero-order valence-corrected chi connectivity index (χ0v) is 24.5. The van der Waals surface area contributed by atoms with Gasteiger partial charge in [-0.05, 0) is 73.5 Å². The van der Waals surface area contributed by atoms with Gasteiger partial charge in [0.1, 0.15) is 17.0 Å². The molecule has 1 saturated heterocycles. The van der Waals surface area contributed by atoms with Crippen molar-refractivity contribution >= 4 is 23.5 Å². The van der Waals surface area contributed by atoms with Crippen LogP contribution in [0.3, 0.4) is 0 Å². The van der Waals surface area contributed by atoms with Gasteiger partial charge < -0.3 is 19.9 Å². The first kappa shape index (κ1) is 29.4. The number of urea groups is 1. The molecule has 0 aliphatic carbocycles. The number of ether oxygens (including phenoxy) is 2. The fraction of sp³-hybridized carbons (Fsp3) is 0.229. The number of nitrogens with zero attached hydrogens (tertiary/aromatic N) is 1. The number of carboxylic acid groups (broad SMARTS) is 1. The monoisotopic (exact) mass is 578 g/mol. The SMILES string of the molecule is COc1ccc(NC(=O)N2C(c3ccc(C)cc3)C(C(=O)c3ccc(OC)cc3)C(c3ccccc3)C2(C)C(=O)O)cc1. The summed E-state index contributed by atoms with van der Waals surface area (Å²) in [5.74, 6) is -2.09. The Hall–Kier alpha value is -5.11. The second-order valence-corrected chi connectivity index (χ2v) is 10.8. The van der Waals surface area contributed by atoms with Crippen LogP contribution in [-0.4, -0.2) is 47.5 Å². The maximum atomic E-state index is 14.6. The van der Waals surface area contributed by atoms with E-state index in [-0.39, 0.29) is 5.78 Å². The highest BCUT2D eigenvalue weighted by atomic mass is 16.5. The van der Waals surface area contributed by atoms with Gasteiger partial charge in [-0.2, -0.15) is 0 Å². The molecule has 0 aromatic heterocycles. The number of nitrogens with one attached hydrogen (secondary N) is 1. The van der Waals surface area contributed by atoms with Gasteiger partial charge in [0.2, 0.25) is 0 Å². The molecular formula is C35H34N2O6. The third kappa shape index (κ3) is 5.44. The molecule has 1 fully saturated rings. The summed E-state index contributed by atoms with van der Waals surface area (Å²) in [6.45, 7) is 3.48. The number of likely N-dealkylation sites (tertiary alicyclic amines) is 1. The van der Waals surface area contributed by atoms with Gasteiger partial charge >= 0.3 is 12.0 Å². The van der Waals surface area contributed by atoms with Gasteiger partial charge in [0.25, 0.3) is 0 Å². The third-order valence-electron chi connectivity index (χ3n) is 8.33. The Morgan fingerprint density at radius 3 is 1.86 bits per heavy atom. The van der Waals surface area contributed by atoms with E-state index in [1.165, 1.54) is 11.8 Å². The lowest BCUT2D eigenvalue weighted by molar-refractivity contribution is -0.148. The number of hydrogen-bond donors (Lipinski definition) is 2. The lowest BCUT2D eigenvalue weighted by atomic mass is 9.71. The molecule has 0 spiro atoms. The summed E-state index contributed by atoms with van der Waals surface area (Å²) in [6.07, 6.45) is 0. The van der Waals surface area contributed by atoms with Crippen LogP contribution in [0.4, 0.5) is 10.5 Å². The van der Waals surface area contributed by atoms with E-state index in [4.69, 9.17) is 9.47 Å². The van der Waals surface area contributed by atoms with Gasteiger partial charge in [0, 0.05) is 17.2 Å². The molecule has 5 rings (SSSR count). The average molecular weight is 579 g/mol. The van der Waals surface area contributed by atoms with E-state index >= 15 is 0 Å². The minimum atomic E-state index is -1.81. The first-order valence-electron chi connectivity index (χ1n) is 14.0. The van der Waals surface area contributed by atoms with Gasteiger partial charge in [-0.15, -0.1) is 0 Å². The minimum Gasteiger partial charge on any atom is -0.497 e. The lowest BCUT2D eigenvalue weighted by Crippen LogP contribution is -2.55. The predicted molar refractivity (Wildman–Crippen MR) is 164 cm³/mol. The Morgan fingerprint density at radius 2 is 1.33 bits per heavy atom. The van der Waals surface area contributed by atoms with Crippen LogP contribution in [0.1, 0.15) is 45.9 Å². The number of anilines is 1. The molecule has 220 valence electrons. The van der Waals surface area contributed by atoms with Crippen molar-refractivity contribution in [3.05, 3.63) is 125 Å². The summed E-state index contributed by atoms with van der Waals surface area (Å²) in [5.41, 5.74) is 1.36. The van der Waals surface area contributed by atoms with Gasteiger partial charge in [-0.3, -0.25) is 9.69 Å². The normalized spacial score (nSPS) is 21.2. The van der Waals surface area contributed by atoms with Crippen molar-refractivity contribution in [1.29, 1.82) is 0 Å². The molecule has 1 aliphatic heterocycles. The molecule has 4 unspecified atom stereocenters. The summed E-state index contributed by atoms with van der Waals surface area (Å²) in [7, 11) is 3.09. The zero-order chi connectivity index (χ0) is 30.7. The predicted octanol–water partition coefficient (Wildman–Crippen LogP) is 6.73. The molecule has 0 radical (unpaired) electrons. The van der Waals surface area contributed by atoms with Crippen molar-refractivity contribution < 1.29 is 29.0 Å². The smallest absolute Gasteiger partial charge is 0.330 e. The van der Waals surface area contributed by atoms with Crippen LogP contribution in [0.15, 0.2) is 103 Å². The first-order chi connectivity index (χ1) is 20.7. The van der Waals surface area contributed by atoms with E-state index in [1.54, 1.807) is 62.8 Å². The largest absolute Gasteiger partial charge is 0.497 e. The standard InChI is InChI=1S/C35H34N2O6/c1-22-10-12-24(13-11-22)31-29(32(38)25-14-18-27(42-3)19-15-25)30(23-8-6-5-7-9-23)35(2,33(39)40)37(31)34(41)36-26-16-20-28(43-4)21-17-26/h5-21,29-31H,1-4H3,(H,36,41)(H,39,40). The fourth-order valence-corrected chi connectivity index (χ4v) is 6.12. The van der Waals surface area contributed by atoms with Gasteiger partial charge in [0.15, 0.2) is 5.78 Å². The topological polar surface area (TPSA) is 105 Å². The minimum absolute atomic E-state index is 0.269. The highest BCUT2D eigenvalue weighted by Crippen LogP contribution is 2.56. The summed E-state index contributed by atoms with van der Waals surface area (Å²) in [6, 6.07) is 28.6. The number of carbonyl (C=O) groups is 3. The number of aryl methyl sites for hydroxylation is 1. The summed E-state index contributed by atoms with van der Waals surface area (Å²) < 4.78 is 10.5.